The molecule has 2 fully saturated rings. The lowest BCUT2D eigenvalue weighted by molar-refractivity contribution is -0.137. The molecule has 0 unspecified atom stereocenters. The summed E-state index contributed by atoms with van der Waals surface area (Å²) in [5.74, 6) is -0.000398. The number of nitrogens with zero attached hydrogens (tertiary/aromatic N) is 6. The van der Waals surface area contributed by atoms with E-state index in [1.54, 1.807) is 18.3 Å². The number of thiazole rings is 1. The van der Waals surface area contributed by atoms with E-state index in [0.717, 1.165) is 48.6 Å². The molecule has 2 saturated heterocycles. The van der Waals surface area contributed by atoms with E-state index < -0.39 is 18.6 Å². The van der Waals surface area contributed by atoms with E-state index in [-0.39, 0.29) is 12.1 Å². The van der Waals surface area contributed by atoms with Gasteiger partial charge in [-0.25, -0.2) is 19.3 Å². The van der Waals surface area contributed by atoms with Gasteiger partial charge in [-0.15, -0.1) is 0 Å². The minimum atomic E-state index is -0.795. The molecular weight excluding hydrogens is 585 g/mol. The molecule has 13 heteroatoms. The number of ether oxygens (including phenoxy) is 1. The summed E-state index contributed by atoms with van der Waals surface area (Å²) in [6, 6.07) is 5.97. The molecule has 2 aliphatic heterocycles. The van der Waals surface area contributed by atoms with Crippen LogP contribution in [0.25, 0.3) is 11.3 Å². The highest BCUT2D eigenvalue weighted by Crippen LogP contribution is 2.36. The normalized spacial score (nSPS) is 17.6. The lowest BCUT2D eigenvalue weighted by Gasteiger charge is -2.34. The second-order valence-corrected chi connectivity index (χ2v) is 12.1. The summed E-state index contributed by atoms with van der Waals surface area (Å²) < 4.78 is 19.5. The van der Waals surface area contributed by atoms with Gasteiger partial charge in [-0.3, -0.25) is 24.7 Å². The Morgan fingerprint density at radius 2 is 1.95 bits per heavy atom. The fourth-order valence-electron chi connectivity index (χ4n) is 5.83. The third kappa shape index (κ3) is 7.69. The molecular formula is C31H40FN7O4S. The molecule has 0 aliphatic carbocycles. The van der Waals surface area contributed by atoms with Crippen LogP contribution in [0.3, 0.4) is 0 Å². The topological polar surface area (TPSA) is 124 Å². The van der Waals surface area contributed by atoms with E-state index in [4.69, 9.17) is 14.8 Å². The van der Waals surface area contributed by atoms with Crippen LogP contribution >= 0.6 is 11.3 Å². The Balaban J connectivity index is 1.30. The molecule has 11 nitrogen and oxygen atoms in total. The van der Waals surface area contributed by atoms with Crippen molar-refractivity contribution in [2.24, 2.45) is 0 Å². The number of carbonyl (C=O) groups is 2. The lowest BCUT2D eigenvalue weighted by atomic mass is 10.1. The molecule has 1 atom stereocenters. The van der Waals surface area contributed by atoms with Gasteiger partial charge < -0.3 is 14.7 Å². The number of rotatable bonds is 13. The zero-order valence-electron chi connectivity index (χ0n) is 25.3. The largest absolute Gasteiger partial charge is 0.493 e. The Morgan fingerprint density at radius 3 is 2.64 bits per heavy atom. The Bertz CT molecular complexity index is 1430. The lowest BCUT2D eigenvalue weighted by Crippen LogP contribution is -2.47. The van der Waals surface area contributed by atoms with Crippen LogP contribution in [0.4, 0.5) is 15.3 Å². The second-order valence-electron chi connectivity index (χ2n) is 11.0. The number of anilines is 2. The van der Waals surface area contributed by atoms with Gasteiger partial charge in [0.05, 0.1) is 31.1 Å². The van der Waals surface area contributed by atoms with Crippen molar-refractivity contribution < 1.29 is 23.8 Å². The number of piperazine rings is 1. The second kappa shape index (κ2) is 14.9. The fraction of sp³-hybridized carbons (Fsp3) is 0.516. The quantitative estimate of drug-likeness (QED) is 0.276. The fourth-order valence-corrected chi connectivity index (χ4v) is 6.84. The molecule has 0 radical (unpaired) electrons. The zero-order valence-corrected chi connectivity index (χ0v) is 26.1. The van der Waals surface area contributed by atoms with Gasteiger partial charge in [-0.2, -0.15) is 0 Å². The summed E-state index contributed by atoms with van der Waals surface area (Å²) in [5, 5.41) is 12.3. The third-order valence-corrected chi connectivity index (χ3v) is 9.18. The maximum absolute atomic E-state index is 13.9. The summed E-state index contributed by atoms with van der Waals surface area (Å²) in [7, 11) is 0. The number of likely N-dealkylation sites (tertiary alicyclic amines) is 1. The highest BCUT2D eigenvalue weighted by molar-refractivity contribution is 7.16. The number of nitrogens with one attached hydrogen (secondary N) is 1. The zero-order chi connectivity index (χ0) is 31.1. The summed E-state index contributed by atoms with van der Waals surface area (Å²) in [6.07, 6.45) is 6.58. The smallest absolute Gasteiger partial charge is 0.304 e. The minimum absolute atomic E-state index is 0.127. The van der Waals surface area contributed by atoms with Gasteiger partial charge in [0.25, 0.3) is 5.91 Å². The van der Waals surface area contributed by atoms with Crippen LogP contribution in [0.1, 0.15) is 60.5 Å². The summed E-state index contributed by atoms with van der Waals surface area (Å²) in [4.78, 5) is 45.4. The maximum Gasteiger partial charge on any atom is 0.304 e. The Kier molecular flexibility index (Phi) is 10.7. The van der Waals surface area contributed by atoms with Crippen LogP contribution in [0.5, 0.6) is 5.75 Å². The van der Waals surface area contributed by atoms with Gasteiger partial charge in [0.2, 0.25) is 0 Å². The number of hydrogen-bond acceptors (Lipinski definition) is 10. The van der Waals surface area contributed by atoms with E-state index in [0.29, 0.717) is 61.1 Å². The molecule has 236 valence electrons. The molecule has 2 aliphatic rings. The highest BCUT2D eigenvalue weighted by Gasteiger charge is 2.26. The van der Waals surface area contributed by atoms with Crippen molar-refractivity contribution in [1.82, 2.24) is 24.8 Å². The molecule has 0 bridgehead atoms. The van der Waals surface area contributed by atoms with Crippen molar-refractivity contribution in [2.75, 3.05) is 56.1 Å². The molecule has 4 heterocycles. The van der Waals surface area contributed by atoms with Gasteiger partial charge in [0.1, 0.15) is 23.9 Å². The number of hydrogen-bond donors (Lipinski definition) is 2. The Labute approximate surface area is 261 Å². The SMILES string of the molecule is CCOc1ccc(-c2nc(NC(=O)c3cnc(N4CCN(CCC(=O)O)CC4)cn3)sc2CN2CCC[C@H]2CC)cc1CF. The third-order valence-electron chi connectivity index (χ3n) is 8.22. The van der Waals surface area contributed by atoms with E-state index >= 15 is 0 Å². The van der Waals surface area contributed by atoms with Crippen LogP contribution in [0, 0.1) is 0 Å². The summed E-state index contributed by atoms with van der Waals surface area (Å²) >= 11 is 1.43. The first kappa shape index (κ1) is 31.7. The van der Waals surface area contributed by atoms with Crippen molar-refractivity contribution in [3.63, 3.8) is 0 Å². The molecule has 2 aromatic heterocycles. The number of carboxylic acids is 1. The Hall–Kier alpha value is -3.68. The standard InChI is InChI=1S/C31H40FN7O4S/c1-3-23-6-5-10-39(23)20-26-29(21-7-8-25(43-4-2)22(16-21)17-32)35-31(44-26)36-30(42)24-18-34-27(19-33-24)38-14-12-37(13-15-38)11-9-28(40)41/h7-8,16,18-19,23H,3-6,9-15,17,20H2,1-2H3,(H,40,41)(H,35,36,42)/t23-/m1/s1. The predicted octanol–water partition coefficient (Wildman–Crippen LogP) is 4.69. The number of aromatic nitrogens is 3. The molecule has 0 saturated carbocycles. The number of alkyl halides is 1. The van der Waals surface area contributed by atoms with Crippen LogP contribution in [-0.2, 0) is 18.0 Å². The summed E-state index contributed by atoms with van der Waals surface area (Å²) in [6.45, 7) is 9.01. The van der Waals surface area contributed by atoms with Gasteiger partial charge in [-0.05, 0) is 50.9 Å². The molecule has 1 amide bonds. The molecule has 1 aromatic carbocycles. The average Bonchev–Trinajstić information content (AvgIpc) is 3.67. The maximum atomic E-state index is 13.9. The highest BCUT2D eigenvalue weighted by atomic mass is 32.1. The Morgan fingerprint density at radius 1 is 1.14 bits per heavy atom. The molecule has 5 rings (SSSR count). The first-order chi connectivity index (χ1) is 21.4. The average molecular weight is 626 g/mol. The molecule has 44 heavy (non-hydrogen) atoms. The van der Waals surface area contributed by atoms with Crippen molar-refractivity contribution in [2.45, 2.75) is 58.8 Å². The van der Waals surface area contributed by atoms with Crippen LogP contribution < -0.4 is 15.0 Å². The monoisotopic (exact) mass is 625 g/mol. The van der Waals surface area contributed by atoms with Gasteiger partial charge in [0.15, 0.2) is 5.13 Å². The van der Waals surface area contributed by atoms with Crippen molar-refractivity contribution in [3.05, 3.63) is 46.7 Å². The number of carbonyl (C=O) groups excluding carboxylic acids is 1. The first-order valence-electron chi connectivity index (χ1n) is 15.3. The van der Waals surface area contributed by atoms with Gasteiger partial charge >= 0.3 is 5.97 Å². The van der Waals surface area contributed by atoms with Crippen LogP contribution in [0.15, 0.2) is 30.6 Å². The van der Waals surface area contributed by atoms with Crippen molar-refractivity contribution in [3.8, 4) is 17.0 Å². The van der Waals surface area contributed by atoms with Crippen LogP contribution in [0.2, 0.25) is 0 Å². The number of aliphatic carboxylic acids is 1. The van der Waals surface area contributed by atoms with Crippen LogP contribution in [-0.4, -0.2) is 93.7 Å². The predicted molar refractivity (Wildman–Crippen MR) is 168 cm³/mol. The minimum Gasteiger partial charge on any atom is -0.493 e. The number of benzene rings is 1. The van der Waals surface area contributed by atoms with Gasteiger partial charge in [0, 0.05) is 61.3 Å². The number of amides is 1. The van der Waals surface area contributed by atoms with E-state index in [9.17, 15) is 14.0 Å². The number of carboxylic acid groups (broad SMARTS) is 1. The first-order valence-corrected chi connectivity index (χ1v) is 16.1. The van der Waals surface area contributed by atoms with Gasteiger partial charge in [-0.1, -0.05) is 18.3 Å². The van der Waals surface area contributed by atoms with Crippen molar-refractivity contribution in [1.29, 1.82) is 0 Å². The molecule has 0 spiro atoms. The van der Waals surface area contributed by atoms with E-state index in [2.05, 4.69) is 36.9 Å². The number of halogens is 1. The summed E-state index contributed by atoms with van der Waals surface area (Å²) in [5.41, 5.74) is 2.16. The van der Waals surface area contributed by atoms with E-state index in [1.165, 1.54) is 24.0 Å². The molecule has 2 N–H and O–H groups in total. The van der Waals surface area contributed by atoms with Crippen molar-refractivity contribution >= 4 is 34.2 Å². The molecule has 3 aromatic rings. The van der Waals surface area contributed by atoms with E-state index in [1.807, 2.05) is 13.0 Å².